The number of halogens is 1. The zero-order valence-electron chi connectivity index (χ0n) is 21.7. The molecule has 2 aromatic rings. The van der Waals surface area contributed by atoms with Gasteiger partial charge in [0.05, 0.1) is 6.61 Å². The van der Waals surface area contributed by atoms with Gasteiger partial charge in [0.2, 0.25) is 0 Å². The van der Waals surface area contributed by atoms with Crippen molar-refractivity contribution in [1.29, 1.82) is 0 Å². The van der Waals surface area contributed by atoms with Gasteiger partial charge in [0.25, 0.3) is 0 Å². The molecule has 0 amide bonds. The van der Waals surface area contributed by atoms with Crippen LogP contribution in [-0.2, 0) is 6.42 Å². The van der Waals surface area contributed by atoms with E-state index in [0.717, 1.165) is 42.8 Å². The second-order valence-corrected chi connectivity index (χ2v) is 9.60. The lowest BCUT2D eigenvalue weighted by atomic mass is 10.0. The summed E-state index contributed by atoms with van der Waals surface area (Å²) in [4.78, 5) is 9.12. The normalized spacial score (nSPS) is 12.1. The molecule has 0 bridgehead atoms. The monoisotopic (exact) mass is 470 g/mol. The second kappa shape index (κ2) is 18.4. The molecule has 190 valence electrons. The average Bonchev–Trinajstić information content (AvgIpc) is 2.86. The third kappa shape index (κ3) is 12.5. The highest BCUT2D eigenvalue weighted by atomic mass is 19.1. The minimum Gasteiger partial charge on any atom is -0.493 e. The van der Waals surface area contributed by atoms with Crippen LogP contribution < -0.4 is 4.74 Å². The number of benzene rings is 1. The Morgan fingerprint density at radius 1 is 0.706 bits per heavy atom. The van der Waals surface area contributed by atoms with Gasteiger partial charge in [-0.2, -0.15) is 0 Å². The molecule has 1 heterocycles. The van der Waals surface area contributed by atoms with Gasteiger partial charge in [0.15, 0.2) is 5.82 Å². The van der Waals surface area contributed by atoms with E-state index in [-0.39, 0.29) is 0 Å². The van der Waals surface area contributed by atoms with E-state index in [9.17, 15) is 4.39 Å². The molecule has 0 saturated carbocycles. The van der Waals surface area contributed by atoms with E-state index in [1.165, 1.54) is 69.8 Å². The molecular weight excluding hydrogens is 423 g/mol. The quantitative estimate of drug-likeness (QED) is 0.181. The fraction of sp³-hybridized carbons (Fsp3) is 0.667. The molecule has 0 saturated heterocycles. The number of aryl methyl sites for hydroxylation is 1. The summed E-state index contributed by atoms with van der Waals surface area (Å²) in [5.41, 5.74) is 2.18. The lowest BCUT2D eigenvalue weighted by Crippen LogP contribution is -2.07. The maximum Gasteiger partial charge on any atom is 0.159 e. The zero-order valence-corrected chi connectivity index (χ0v) is 21.7. The van der Waals surface area contributed by atoms with Crippen LogP contribution in [0, 0.1) is 0 Å². The molecule has 0 fully saturated rings. The standard InChI is InChI=1S/C30H47FN2O/c1-3-5-7-8-9-10-11-12-13-15-16-26-24-32-30(33-25-26)27-18-20-29(21-19-27)34-23-22-28(31)17-14-6-4-2/h18-21,24-25,28H,3-17,22-23H2,1-2H3. The van der Waals surface area contributed by atoms with Gasteiger partial charge in [-0.3, -0.25) is 0 Å². The SMILES string of the molecule is CCCCCCCCCCCCc1cnc(-c2ccc(OCCC(F)CCCCC)cc2)nc1. The average molecular weight is 471 g/mol. The van der Waals surface area contributed by atoms with Gasteiger partial charge in [0, 0.05) is 24.4 Å². The molecule has 0 aliphatic heterocycles. The maximum absolute atomic E-state index is 13.8. The van der Waals surface area contributed by atoms with Gasteiger partial charge in [-0.15, -0.1) is 0 Å². The van der Waals surface area contributed by atoms with Crippen LogP contribution in [0.4, 0.5) is 4.39 Å². The lowest BCUT2D eigenvalue weighted by Gasteiger charge is -2.10. The van der Waals surface area contributed by atoms with Gasteiger partial charge in [0.1, 0.15) is 11.9 Å². The van der Waals surface area contributed by atoms with E-state index in [4.69, 9.17) is 4.74 Å². The van der Waals surface area contributed by atoms with Crippen LogP contribution in [0.25, 0.3) is 11.4 Å². The van der Waals surface area contributed by atoms with Crippen LogP contribution in [0.2, 0.25) is 0 Å². The van der Waals surface area contributed by atoms with Crippen LogP contribution >= 0.6 is 0 Å². The first-order valence-corrected chi connectivity index (χ1v) is 13.9. The summed E-state index contributed by atoms with van der Waals surface area (Å²) in [6.07, 6.45) is 22.0. The van der Waals surface area contributed by atoms with Crippen LogP contribution in [0.3, 0.4) is 0 Å². The van der Waals surface area contributed by atoms with Gasteiger partial charge in [-0.05, 0) is 49.1 Å². The van der Waals surface area contributed by atoms with E-state index >= 15 is 0 Å². The van der Waals surface area contributed by atoms with Crippen molar-refractivity contribution in [2.75, 3.05) is 6.61 Å². The van der Waals surface area contributed by atoms with Crippen LogP contribution in [-0.4, -0.2) is 22.7 Å². The predicted octanol–water partition coefficient (Wildman–Crippen LogP) is 9.29. The van der Waals surface area contributed by atoms with Crippen molar-refractivity contribution in [2.45, 2.75) is 123 Å². The zero-order chi connectivity index (χ0) is 24.3. The molecular formula is C30H47FN2O. The van der Waals surface area contributed by atoms with Crippen molar-refractivity contribution >= 4 is 0 Å². The Kier molecular flexibility index (Phi) is 15.3. The topological polar surface area (TPSA) is 35.0 Å². The van der Waals surface area contributed by atoms with E-state index in [1.54, 1.807) is 0 Å². The number of unbranched alkanes of at least 4 members (excludes halogenated alkanes) is 11. The number of alkyl halides is 1. The molecule has 4 heteroatoms. The van der Waals surface area contributed by atoms with Crippen molar-refractivity contribution < 1.29 is 9.13 Å². The lowest BCUT2D eigenvalue weighted by molar-refractivity contribution is 0.223. The summed E-state index contributed by atoms with van der Waals surface area (Å²) >= 11 is 0. The third-order valence-electron chi connectivity index (χ3n) is 6.46. The number of nitrogens with zero attached hydrogens (tertiary/aromatic N) is 2. The van der Waals surface area contributed by atoms with E-state index < -0.39 is 6.17 Å². The Hall–Kier alpha value is -1.97. The van der Waals surface area contributed by atoms with Gasteiger partial charge < -0.3 is 4.74 Å². The van der Waals surface area contributed by atoms with Crippen LogP contribution in [0.15, 0.2) is 36.7 Å². The molecule has 34 heavy (non-hydrogen) atoms. The Morgan fingerprint density at radius 2 is 1.26 bits per heavy atom. The maximum atomic E-state index is 13.8. The summed E-state index contributed by atoms with van der Waals surface area (Å²) < 4.78 is 19.6. The molecule has 3 nitrogen and oxygen atoms in total. The first kappa shape index (κ1) is 28.3. The van der Waals surface area contributed by atoms with E-state index in [2.05, 4.69) is 23.8 Å². The van der Waals surface area contributed by atoms with Crippen molar-refractivity contribution in [3.8, 4) is 17.1 Å². The number of aromatic nitrogens is 2. The number of hydrogen-bond acceptors (Lipinski definition) is 3. The van der Waals surface area contributed by atoms with Gasteiger partial charge in [-0.25, -0.2) is 14.4 Å². The van der Waals surface area contributed by atoms with Crippen LogP contribution in [0.1, 0.15) is 116 Å². The minimum atomic E-state index is -0.766. The molecule has 1 aromatic carbocycles. The highest BCUT2D eigenvalue weighted by Crippen LogP contribution is 2.20. The Bertz CT molecular complexity index is 732. The number of rotatable bonds is 20. The van der Waals surface area contributed by atoms with Crippen molar-refractivity contribution in [2.24, 2.45) is 0 Å². The highest BCUT2D eigenvalue weighted by Gasteiger charge is 2.07. The van der Waals surface area contributed by atoms with Gasteiger partial charge in [-0.1, -0.05) is 90.9 Å². The number of hydrogen-bond donors (Lipinski definition) is 0. The second-order valence-electron chi connectivity index (χ2n) is 9.60. The van der Waals surface area contributed by atoms with Crippen molar-refractivity contribution in [3.63, 3.8) is 0 Å². The fourth-order valence-electron chi connectivity index (χ4n) is 4.21. The molecule has 0 N–H and O–H groups in total. The molecule has 1 aromatic heterocycles. The summed E-state index contributed by atoms with van der Waals surface area (Å²) in [6.45, 7) is 4.82. The summed E-state index contributed by atoms with van der Waals surface area (Å²) in [7, 11) is 0. The molecule has 1 atom stereocenters. The molecule has 2 rings (SSSR count). The van der Waals surface area contributed by atoms with E-state index in [1.807, 2.05) is 36.7 Å². The molecule has 0 radical (unpaired) electrons. The molecule has 1 unspecified atom stereocenters. The highest BCUT2D eigenvalue weighted by molar-refractivity contribution is 5.55. The minimum absolute atomic E-state index is 0.413. The molecule has 0 aliphatic rings. The van der Waals surface area contributed by atoms with Crippen LogP contribution in [0.5, 0.6) is 5.75 Å². The molecule has 0 spiro atoms. The van der Waals surface area contributed by atoms with Gasteiger partial charge >= 0.3 is 0 Å². The molecule has 0 aliphatic carbocycles. The largest absolute Gasteiger partial charge is 0.493 e. The predicted molar refractivity (Wildman–Crippen MR) is 142 cm³/mol. The fourth-order valence-corrected chi connectivity index (χ4v) is 4.21. The Morgan fingerprint density at radius 3 is 1.88 bits per heavy atom. The van der Waals surface area contributed by atoms with E-state index in [0.29, 0.717) is 19.4 Å². The number of ether oxygens (including phenoxy) is 1. The smallest absolute Gasteiger partial charge is 0.159 e. The summed E-state index contributed by atoms with van der Waals surface area (Å²) in [6, 6.07) is 7.78. The Balaban J connectivity index is 1.61. The first-order chi connectivity index (χ1) is 16.7. The third-order valence-corrected chi connectivity index (χ3v) is 6.46. The Labute approximate surface area is 208 Å². The van der Waals surface area contributed by atoms with Crippen molar-refractivity contribution in [1.82, 2.24) is 9.97 Å². The summed E-state index contributed by atoms with van der Waals surface area (Å²) in [5, 5.41) is 0. The summed E-state index contributed by atoms with van der Waals surface area (Å²) in [5.74, 6) is 1.50. The first-order valence-electron chi connectivity index (χ1n) is 13.9. The van der Waals surface area contributed by atoms with Crippen molar-refractivity contribution in [3.05, 3.63) is 42.2 Å².